The van der Waals surface area contributed by atoms with Gasteiger partial charge in [-0.2, -0.15) is 0 Å². The SMILES string of the molecule is COCCn1c(SCC(=O)N[C@@H](C)c2ccccc2)nc2ccccc21. The van der Waals surface area contributed by atoms with E-state index >= 15 is 0 Å². The van der Waals surface area contributed by atoms with Gasteiger partial charge in [0.1, 0.15) is 0 Å². The standard InChI is InChI=1S/C20H23N3O2S/c1-15(16-8-4-3-5-9-16)21-19(24)14-26-20-22-17-10-6-7-11-18(17)23(20)12-13-25-2/h3-11,15H,12-14H2,1-2H3,(H,21,24)/t15-/m0/s1. The second kappa shape index (κ2) is 8.87. The maximum atomic E-state index is 12.3. The first-order valence-corrected chi connectivity index (χ1v) is 9.59. The molecule has 0 aliphatic heterocycles. The molecule has 3 aromatic rings. The average Bonchev–Trinajstić information content (AvgIpc) is 3.03. The zero-order valence-electron chi connectivity index (χ0n) is 15.0. The molecular formula is C20H23N3O2S. The van der Waals surface area contributed by atoms with Gasteiger partial charge < -0.3 is 14.6 Å². The Bertz CT molecular complexity index is 864. The molecular weight excluding hydrogens is 346 g/mol. The molecule has 0 saturated heterocycles. The summed E-state index contributed by atoms with van der Waals surface area (Å²) in [6, 6.07) is 17.9. The minimum atomic E-state index is -0.0170. The summed E-state index contributed by atoms with van der Waals surface area (Å²) in [5.41, 5.74) is 3.09. The molecule has 136 valence electrons. The first-order valence-electron chi connectivity index (χ1n) is 8.60. The molecule has 3 rings (SSSR count). The number of rotatable bonds is 8. The Morgan fingerprint density at radius 2 is 1.92 bits per heavy atom. The van der Waals surface area contributed by atoms with Gasteiger partial charge in [0, 0.05) is 13.7 Å². The van der Waals surface area contributed by atoms with Crippen LogP contribution in [-0.4, -0.2) is 34.9 Å². The number of ether oxygens (including phenoxy) is 1. The normalized spacial score (nSPS) is 12.2. The highest BCUT2D eigenvalue weighted by Gasteiger charge is 2.14. The number of amides is 1. The van der Waals surface area contributed by atoms with Crippen molar-refractivity contribution >= 4 is 28.7 Å². The lowest BCUT2D eigenvalue weighted by molar-refractivity contribution is -0.119. The number of carbonyl (C=O) groups excluding carboxylic acids is 1. The van der Waals surface area contributed by atoms with Gasteiger partial charge in [0.15, 0.2) is 5.16 Å². The molecule has 0 aliphatic rings. The van der Waals surface area contributed by atoms with Gasteiger partial charge in [0.25, 0.3) is 0 Å². The predicted octanol–water partition coefficient (Wildman–Crippen LogP) is 3.65. The van der Waals surface area contributed by atoms with Crippen molar-refractivity contribution < 1.29 is 9.53 Å². The van der Waals surface area contributed by atoms with E-state index in [0.717, 1.165) is 21.8 Å². The van der Waals surface area contributed by atoms with Crippen molar-refractivity contribution in [2.24, 2.45) is 0 Å². The summed E-state index contributed by atoms with van der Waals surface area (Å²) < 4.78 is 7.32. The van der Waals surface area contributed by atoms with Crippen LogP contribution in [0.25, 0.3) is 11.0 Å². The number of imidazole rings is 1. The molecule has 0 aliphatic carbocycles. The van der Waals surface area contributed by atoms with Crippen LogP contribution in [0, 0.1) is 0 Å². The van der Waals surface area contributed by atoms with Gasteiger partial charge >= 0.3 is 0 Å². The van der Waals surface area contributed by atoms with Gasteiger partial charge in [-0.3, -0.25) is 4.79 Å². The Kier molecular flexibility index (Phi) is 6.30. The van der Waals surface area contributed by atoms with Crippen LogP contribution in [0.15, 0.2) is 59.8 Å². The maximum absolute atomic E-state index is 12.3. The van der Waals surface area contributed by atoms with Gasteiger partial charge in [0.2, 0.25) is 5.91 Å². The van der Waals surface area contributed by atoms with E-state index in [2.05, 4.69) is 14.9 Å². The number of nitrogens with zero attached hydrogens (tertiary/aromatic N) is 2. The van der Waals surface area contributed by atoms with Gasteiger partial charge in [-0.05, 0) is 24.6 Å². The third-order valence-electron chi connectivity index (χ3n) is 4.15. The van der Waals surface area contributed by atoms with Crippen LogP contribution < -0.4 is 5.32 Å². The Hall–Kier alpha value is -2.31. The van der Waals surface area contributed by atoms with Crippen LogP contribution in [0.2, 0.25) is 0 Å². The molecule has 0 bridgehead atoms. The quantitative estimate of drug-likeness (QED) is 0.616. The van der Waals surface area contributed by atoms with E-state index in [9.17, 15) is 4.79 Å². The minimum absolute atomic E-state index is 0.00305. The summed E-state index contributed by atoms with van der Waals surface area (Å²) in [7, 11) is 1.68. The number of para-hydroxylation sites is 2. The molecule has 1 atom stereocenters. The lowest BCUT2D eigenvalue weighted by atomic mass is 10.1. The molecule has 0 spiro atoms. The van der Waals surface area contributed by atoms with Crippen molar-refractivity contribution in [3.8, 4) is 0 Å². The Balaban J connectivity index is 1.66. The number of thioether (sulfide) groups is 1. The van der Waals surface area contributed by atoms with Crippen LogP contribution >= 0.6 is 11.8 Å². The summed E-state index contributed by atoms with van der Waals surface area (Å²) in [6.45, 7) is 3.30. The summed E-state index contributed by atoms with van der Waals surface area (Å²) in [5.74, 6) is 0.324. The zero-order chi connectivity index (χ0) is 18.4. The van der Waals surface area contributed by atoms with Crippen LogP contribution in [0.1, 0.15) is 18.5 Å². The van der Waals surface area contributed by atoms with Crippen molar-refractivity contribution in [3.63, 3.8) is 0 Å². The number of hydrogen-bond donors (Lipinski definition) is 1. The number of methoxy groups -OCH3 is 1. The van der Waals surface area contributed by atoms with Crippen LogP contribution in [-0.2, 0) is 16.1 Å². The number of hydrogen-bond acceptors (Lipinski definition) is 4. The van der Waals surface area contributed by atoms with E-state index in [4.69, 9.17) is 4.74 Å². The zero-order valence-corrected chi connectivity index (χ0v) is 15.8. The Morgan fingerprint density at radius 1 is 1.19 bits per heavy atom. The number of nitrogens with one attached hydrogen (secondary N) is 1. The molecule has 0 unspecified atom stereocenters. The first-order chi connectivity index (χ1) is 12.7. The highest BCUT2D eigenvalue weighted by atomic mass is 32.2. The number of carbonyl (C=O) groups is 1. The fraction of sp³-hybridized carbons (Fsp3) is 0.300. The van der Waals surface area contributed by atoms with E-state index in [1.807, 2.05) is 61.5 Å². The molecule has 1 aromatic heterocycles. The van der Waals surface area contributed by atoms with Crippen LogP contribution in [0.5, 0.6) is 0 Å². The minimum Gasteiger partial charge on any atom is -0.383 e. The molecule has 6 heteroatoms. The van der Waals surface area contributed by atoms with E-state index < -0.39 is 0 Å². The number of fused-ring (bicyclic) bond motifs is 1. The second-order valence-electron chi connectivity index (χ2n) is 6.02. The monoisotopic (exact) mass is 369 g/mol. The van der Waals surface area contributed by atoms with Crippen molar-refractivity contribution in [1.29, 1.82) is 0 Å². The van der Waals surface area contributed by atoms with Gasteiger partial charge in [0.05, 0.1) is 29.4 Å². The lowest BCUT2D eigenvalue weighted by Crippen LogP contribution is -2.28. The van der Waals surface area contributed by atoms with Crippen molar-refractivity contribution in [1.82, 2.24) is 14.9 Å². The predicted molar refractivity (Wildman–Crippen MR) is 105 cm³/mol. The summed E-state index contributed by atoms with van der Waals surface area (Å²) in [6.07, 6.45) is 0. The molecule has 0 saturated carbocycles. The van der Waals surface area contributed by atoms with Crippen molar-refractivity contribution in [2.45, 2.75) is 24.7 Å². The molecule has 1 heterocycles. The van der Waals surface area contributed by atoms with Crippen LogP contribution in [0.4, 0.5) is 0 Å². The smallest absolute Gasteiger partial charge is 0.230 e. The summed E-state index contributed by atoms with van der Waals surface area (Å²) in [5, 5.41) is 3.88. The number of aromatic nitrogens is 2. The Morgan fingerprint density at radius 3 is 2.69 bits per heavy atom. The van der Waals surface area contributed by atoms with E-state index in [-0.39, 0.29) is 11.9 Å². The summed E-state index contributed by atoms with van der Waals surface area (Å²) in [4.78, 5) is 17.0. The molecule has 26 heavy (non-hydrogen) atoms. The molecule has 1 N–H and O–H groups in total. The van der Waals surface area contributed by atoms with Gasteiger partial charge in [-0.25, -0.2) is 4.98 Å². The second-order valence-corrected chi connectivity index (χ2v) is 6.96. The largest absolute Gasteiger partial charge is 0.383 e. The van der Waals surface area contributed by atoms with E-state index in [1.165, 1.54) is 11.8 Å². The molecule has 0 fully saturated rings. The molecule has 5 nitrogen and oxygen atoms in total. The average molecular weight is 369 g/mol. The molecule has 0 radical (unpaired) electrons. The van der Waals surface area contributed by atoms with E-state index in [0.29, 0.717) is 18.9 Å². The highest BCUT2D eigenvalue weighted by molar-refractivity contribution is 7.99. The fourth-order valence-electron chi connectivity index (χ4n) is 2.80. The number of benzene rings is 2. The lowest BCUT2D eigenvalue weighted by Gasteiger charge is -2.14. The third kappa shape index (κ3) is 4.45. The topological polar surface area (TPSA) is 56.1 Å². The van der Waals surface area contributed by atoms with Crippen molar-refractivity contribution in [3.05, 3.63) is 60.2 Å². The van der Waals surface area contributed by atoms with E-state index in [1.54, 1.807) is 7.11 Å². The maximum Gasteiger partial charge on any atom is 0.230 e. The van der Waals surface area contributed by atoms with Crippen LogP contribution in [0.3, 0.4) is 0 Å². The highest BCUT2D eigenvalue weighted by Crippen LogP contribution is 2.24. The van der Waals surface area contributed by atoms with Gasteiger partial charge in [-0.15, -0.1) is 0 Å². The molecule has 1 amide bonds. The Labute approximate surface area is 157 Å². The third-order valence-corrected chi connectivity index (χ3v) is 5.12. The van der Waals surface area contributed by atoms with Crippen molar-refractivity contribution in [2.75, 3.05) is 19.5 Å². The van der Waals surface area contributed by atoms with Gasteiger partial charge in [-0.1, -0.05) is 54.2 Å². The fourth-order valence-corrected chi connectivity index (χ4v) is 3.65. The molecule has 2 aromatic carbocycles. The first kappa shape index (κ1) is 18.5. The summed E-state index contributed by atoms with van der Waals surface area (Å²) >= 11 is 1.45.